The van der Waals surface area contributed by atoms with Gasteiger partial charge in [0.25, 0.3) is 10.1 Å². The quantitative estimate of drug-likeness (QED) is 0.0152. The lowest BCUT2D eigenvalue weighted by atomic mass is 10.00. The number of aliphatic hydroxyl groups excluding tert-OH is 3. The average molecular weight is 871 g/mol. The number of rotatable bonds is 38. The third-order valence-corrected chi connectivity index (χ3v) is 11.2. The van der Waals surface area contributed by atoms with Crippen LogP contribution in [0.2, 0.25) is 0 Å². The minimum Gasteiger partial charge on any atom is -0.462 e. The van der Waals surface area contributed by atoms with E-state index in [1.807, 2.05) is 12.2 Å². The second kappa shape index (κ2) is 37.2. The molecule has 0 aromatic heterocycles. The number of hydrogen-bond acceptors (Lipinski definition) is 11. The lowest BCUT2D eigenvalue weighted by Crippen LogP contribution is -2.60. The van der Waals surface area contributed by atoms with Gasteiger partial charge in [-0.3, -0.25) is 14.1 Å². The van der Waals surface area contributed by atoms with Crippen LogP contribution in [0.4, 0.5) is 0 Å². The Bertz CT molecular complexity index is 1300. The van der Waals surface area contributed by atoms with Crippen molar-refractivity contribution in [3.05, 3.63) is 48.6 Å². The Kier molecular flexibility index (Phi) is 34.5. The Morgan fingerprint density at radius 1 is 0.583 bits per heavy atom. The molecule has 0 aromatic carbocycles. The summed E-state index contributed by atoms with van der Waals surface area (Å²) in [6, 6.07) is 0. The van der Waals surface area contributed by atoms with Crippen LogP contribution in [0.5, 0.6) is 0 Å². The molecule has 0 aromatic rings. The summed E-state index contributed by atoms with van der Waals surface area (Å²) in [6.45, 7) is 3.67. The van der Waals surface area contributed by atoms with Gasteiger partial charge in [0.15, 0.2) is 12.4 Å². The zero-order chi connectivity index (χ0) is 44.1. The second-order valence-corrected chi connectivity index (χ2v) is 17.6. The van der Waals surface area contributed by atoms with Crippen molar-refractivity contribution in [1.82, 2.24) is 0 Å². The van der Waals surface area contributed by atoms with E-state index in [2.05, 4.69) is 50.3 Å². The Morgan fingerprint density at radius 2 is 1.08 bits per heavy atom. The van der Waals surface area contributed by atoms with Crippen molar-refractivity contribution in [1.29, 1.82) is 0 Å². The summed E-state index contributed by atoms with van der Waals surface area (Å²) in [4.78, 5) is 25.4. The molecule has 1 heterocycles. The lowest BCUT2D eigenvalue weighted by molar-refractivity contribution is -0.297. The van der Waals surface area contributed by atoms with Gasteiger partial charge < -0.3 is 34.3 Å². The van der Waals surface area contributed by atoms with Gasteiger partial charge in [-0.2, -0.15) is 8.42 Å². The molecule has 60 heavy (non-hydrogen) atoms. The highest BCUT2D eigenvalue weighted by Crippen LogP contribution is 2.24. The fourth-order valence-corrected chi connectivity index (χ4v) is 7.47. The molecule has 1 fully saturated rings. The van der Waals surface area contributed by atoms with E-state index >= 15 is 0 Å². The highest BCUT2D eigenvalue weighted by molar-refractivity contribution is 7.85. The molecule has 3 unspecified atom stereocenters. The van der Waals surface area contributed by atoms with E-state index in [4.69, 9.17) is 18.9 Å². The first-order valence-electron chi connectivity index (χ1n) is 23.2. The van der Waals surface area contributed by atoms with Crippen molar-refractivity contribution >= 4 is 22.1 Å². The molecule has 1 aliphatic heterocycles. The van der Waals surface area contributed by atoms with E-state index in [0.717, 1.165) is 38.5 Å². The van der Waals surface area contributed by atoms with Gasteiger partial charge in [0.1, 0.15) is 36.8 Å². The van der Waals surface area contributed by atoms with Crippen LogP contribution < -0.4 is 0 Å². The minimum absolute atomic E-state index is 0.0568. The standard InChI is InChI=1S/C47H82O12S/c1-3-5-7-9-11-13-15-17-18-19-20-21-22-24-25-27-29-31-33-35-42(48)56-37-40(38-57-47-46(52)45(51)44(50)41(59-47)39-60(53,54)55)58-43(49)36-34-32-30-28-26-23-16-14-12-10-8-6-4-2/h11,13,15,17,23,26,30,32,40-41,44-47,50-52H,3-10,12,14,16,18-22,24-25,27-29,31,33-39H2,1-2H3,(H,53,54,55)/b13-11+,17-15+,26-23+,32-30+/t40?,41-,44-,45?,46?,47+/m1/s1. The van der Waals surface area contributed by atoms with Gasteiger partial charge in [-0.05, 0) is 57.8 Å². The van der Waals surface area contributed by atoms with Crippen LogP contribution in [-0.2, 0) is 38.7 Å². The molecule has 4 N–H and O–H groups in total. The number of hydrogen-bond donors (Lipinski definition) is 4. The maximum Gasteiger partial charge on any atom is 0.306 e. The van der Waals surface area contributed by atoms with Crippen LogP contribution in [0, 0.1) is 0 Å². The molecule has 0 spiro atoms. The molecule has 13 heteroatoms. The fourth-order valence-electron chi connectivity index (χ4n) is 6.78. The maximum absolute atomic E-state index is 12.8. The zero-order valence-electron chi connectivity index (χ0n) is 37.1. The summed E-state index contributed by atoms with van der Waals surface area (Å²) >= 11 is 0. The number of allylic oxidation sites excluding steroid dienone is 8. The Labute approximate surface area is 363 Å². The number of esters is 2. The summed E-state index contributed by atoms with van der Waals surface area (Å²) in [6.07, 6.45) is 34.6. The molecule has 0 aliphatic carbocycles. The molecule has 348 valence electrons. The van der Waals surface area contributed by atoms with Crippen LogP contribution in [-0.4, -0.2) is 96.0 Å². The van der Waals surface area contributed by atoms with Gasteiger partial charge in [0.05, 0.1) is 6.61 Å². The van der Waals surface area contributed by atoms with Gasteiger partial charge in [0, 0.05) is 12.8 Å². The second-order valence-electron chi connectivity index (χ2n) is 16.1. The van der Waals surface area contributed by atoms with Crippen molar-refractivity contribution in [3.63, 3.8) is 0 Å². The van der Waals surface area contributed by atoms with Crippen molar-refractivity contribution in [2.24, 2.45) is 0 Å². The Balaban J connectivity index is 2.44. The van der Waals surface area contributed by atoms with Crippen LogP contribution in [0.3, 0.4) is 0 Å². The van der Waals surface area contributed by atoms with Gasteiger partial charge in [-0.15, -0.1) is 0 Å². The van der Waals surface area contributed by atoms with Gasteiger partial charge >= 0.3 is 11.9 Å². The number of unbranched alkanes of at least 4 members (excludes halogenated alkanes) is 19. The number of ether oxygens (including phenoxy) is 4. The highest BCUT2D eigenvalue weighted by atomic mass is 32.2. The molecular weight excluding hydrogens is 789 g/mol. The predicted molar refractivity (Wildman–Crippen MR) is 238 cm³/mol. The predicted octanol–water partition coefficient (Wildman–Crippen LogP) is 9.56. The normalized spacial score (nSPS) is 20.5. The van der Waals surface area contributed by atoms with Crippen LogP contribution in [0.15, 0.2) is 48.6 Å². The first-order chi connectivity index (χ1) is 29.0. The van der Waals surface area contributed by atoms with Crippen LogP contribution in [0.1, 0.15) is 181 Å². The van der Waals surface area contributed by atoms with Crippen molar-refractivity contribution in [2.45, 2.75) is 218 Å². The lowest BCUT2D eigenvalue weighted by Gasteiger charge is -2.40. The first kappa shape index (κ1) is 55.6. The molecular formula is C47H82O12S. The smallest absolute Gasteiger partial charge is 0.306 e. The van der Waals surface area contributed by atoms with Gasteiger partial charge in [0.2, 0.25) is 0 Å². The fraction of sp³-hybridized carbons (Fsp3) is 0.787. The largest absolute Gasteiger partial charge is 0.462 e. The Morgan fingerprint density at radius 3 is 1.67 bits per heavy atom. The molecule has 0 saturated carbocycles. The number of aliphatic hydroxyl groups is 3. The van der Waals surface area contributed by atoms with Crippen molar-refractivity contribution in [3.8, 4) is 0 Å². The van der Waals surface area contributed by atoms with E-state index in [0.29, 0.717) is 12.8 Å². The van der Waals surface area contributed by atoms with Gasteiger partial charge in [-0.25, -0.2) is 0 Å². The van der Waals surface area contributed by atoms with E-state index in [9.17, 15) is 37.9 Å². The summed E-state index contributed by atoms with van der Waals surface area (Å²) in [5.41, 5.74) is 0. The number of carbonyl (C=O) groups excluding carboxylic acids is 2. The molecule has 0 amide bonds. The van der Waals surface area contributed by atoms with E-state index < -0.39 is 71.2 Å². The minimum atomic E-state index is -4.61. The molecule has 0 radical (unpaired) electrons. The maximum atomic E-state index is 12.8. The van der Waals surface area contributed by atoms with Crippen LogP contribution >= 0.6 is 0 Å². The topological polar surface area (TPSA) is 186 Å². The molecule has 1 aliphatic rings. The van der Waals surface area contributed by atoms with Crippen LogP contribution in [0.25, 0.3) is 0 Å². The molecule has 12 nitrogen and oxygen atoms in total. The molecule has 1 saturated heterocycles. The zero-order valence-corrected chi connectivity index (χ0v) is 37.9. The SMILES string of the molecule is CCCCC/C=C/C=C/CCCCCCCCCCCCC(=O)OCC(CO[C@H]1O[C@H](CS(=O)(=O)O)[C@@H](O)C(O)C1O)OC(=O)CC/C=C/C/C=C/CCCCCCCC. The highest BCUT2D eigenvalue weighted by Gasteiger charge is 2.46. The average Bonchev–Trinajstić information content (AvgIpc) is 3.21. The summed E-state index contributed by atoms with van der Waals surface area (Å²) in [5.74, 6) is -2.07. The first-order valence-corrected chi connectivity index (χ1v) is 24.8. The van der Waals surface area contributed by atoms with Crippen molar-refractivity contribution in [2.75, 3.05) is 19.0 Å². The van der Waals surface area contributed by atoms with E-state index in [1.54, 1.807) is 0 Å². The molecule has 1 rings (SSSR count). The van der Waals surface area contributed by atoms with E-state index in [-0.39, 0.29) is 19.4 Å². The van der Waals surface area contributed by atoms with Crippen molar-refractivity contribution < 1.29 is 56.8 Å². The van der Waals surface area contributed by atoms with Gasteiger partial charge in [-0.1, -0.05) is 159 Å². The molecule has 6 atom stereocenters. The third-order valence-electron chi connectivity index (χ3n) is 10.4. The summed E-state index contributed by atoms with van der Waals surface area (Å²) in [7, 11) is -4.61. The van der Waals surface area contributed by atoms with E-state index in [1.165, 1.54) is 103 Å². The summed E-state index contributed by atoms with van der Waals surface area (Å²) in [5, 5.41) is 30.9. The molecule has 0 bridgehead atoms. The Hall–Kier alpha value is -2.39. The number of carbonyl (C=O) groups is 2. The monoisotopic (exact) mass is 871 g/mol. The summed E-state index contributed by atoms with van der Waals surface area (Å²) < 4.78 is 54.0. The third kappa shape index (κ3) is 31.5.